The fourth-order valence-electron chi connectivity index (χ4n) is 2.22. The fourth-order valence-corrected chi connectivity index (χ4v) is 2.35. The third-order valence-corrected chi connectivity index (χ3v) is 3.87. The molecule has 2 rings (SSSR count). The fraction of sp³-hybridized carbons (Fsp3) is 0.500. The lowest BCUT2D eigenvalue weighted by Crippen LogP contribution is -2.52. The highest BCUT2D eigenvalue weighted by molar-refractivity contribution is 6.30. The maximum Gasteiger partial charge on any atom is 0.0406 e. The van der Waals surface area contributed by atoms with Gasteiger partial charge in [0, 0.05) is 11.1 Å². The molecule has 0 aliphatic heterocycles. The number of rotatable bonds is 1. The molecule has 1 fully saturated rings. The van der Waals surface area contributed by atoms with Crippen LogP contribution in [-0.2, 0) is 0 Å². The summed E-state index contributed by atoms with van der Waals surface area (Å²) in [5.41, 5.74) is 7.58. The molecular weight excluding hydrogens is 194 g/mol. The van der Waals surface area contributed by atoms with Crippen molar-refractivity contribution < 1.29 is 0 Å². The largest absolute Gasteiger partial charge is 0.327 e. The number of benzene rings is 1. The van der Waals surface area contributed by atoms with Crippen molar-refractivity contribution in [1.29, 1.82) is 0 Å². The van der Waals surface area contributed by atoms with Crippen molar-refractivity contribution in [3.63, 3.8) is 0 Å². The van der Waals surface area contributed by atoms with Crippen LogP contribution in [0.15, 0.2) is 24.3 Å². The van der Waals surface area contributed by atoms with Crippen LogP contribution in [0.5, 0.6) is 0 Å². The van der Waals surface area contributed by atoms with E-state index in [1.165, 1.54) is 5.56 Å². The molecule has 0 radical (unpaired) electrons. The van der Waals surface area contributed by atoms with Crippen LogP contribution in [0.1, 0.15) is 31.7 Å². The van der Waals surface area contributed by atoms with E-state index in [1.54, 1.807) is 0 Å². The number of hydrogen-bond acceptors (Lipinski definition) is 1. The third kappa shape index (κ3) is 1.45. The summed E-state index contributed by atoms with van der Waals surface area (Å²) >= 11 is 5.85. The summed E-state index contributed by atoms with van der Waals surface area (Å²) in [6, 6.07) is 8.47. The lowest BCUT2D eigenvalue weighted by Gasteiger charge is -2.50. The first-order chi connectivity index (χ1) is 6.51. The van der Waals surface area contributed by atoms with Crippen molar-refractivity contribution in [2.45, 2.75) is 32.2 Å². The zero-order valence-electron chi connectivity index (χ0n) is 8.63. The minimum Gasteiger partial charge on any atom is -0.327 e. The molecule has 1 aromatic carbocycles. The van der Waals surface area contributed by atoms with Gasteiger partial charge in [-0.3, -0.25) is 0 Å². The second kappa shape index (κ2) is 3.25. The molecule has 0 heterocycles. The Kier molecular flexibility index (Phi) is 2.32. The van der Waals surface area contributed by atoms with E-state index >= 15 is 0 Å². The monoisotopic (exact) mass is 209 g/mol. The first kappa shape index (κ1) is 10.0. The maximum absolute atomic E-state index is 5.99. The average molecular weight is 210 g/mol. The van der Waals surface area contributed by atoms with E-state index in [9.17, 15) is 0 Å². The van der Waals surface area contributed by atoms with Crippen LogP contribution in [0, 0.1) is 5.41 Å². The predicted molar refractivity (Wildman–Crippen MR) is 60.6 cm³/mol. The minimum atomic E-state index is 0.230. The quantitative estimate of drug-likeness (QED) is 0.756. The van der Waals surface area contributed by atoms with E-state index in [4.69, 9.17) is 17.3 Å². The molecule has 2 unspecified atom stereocenters. The van der Waals surface area contributed by atoms with E-state index in [0.717, 1.165) is 11.4 Å². The summed E-state index contributed by atoms with van der Waals surface area (Å²) < 4.78 is 0. The van der Waals surface area contributed by atoms with Crippen LogP contribution in [-0.4, -0.2) is 6.04 Å². The van der Waals surface area contributed by atoms with Crippen molar-refractivity contribution in [2.75, 3.05) is 0 Å². The summed E-state index contributed by atoms with van der Waals surface area (Å²) in [6.07, 6.45) is 1.09. The van der Waals surface area contributed by atoms with E-state index in [1.807, 2.05) is 12.1 Å². The molecule has 1 nitrogen and oxygen atoms in total. The van der Waals surface area contributed by atoms with Crippen molar-refractivity contribution in [1.82, 2.24) is 0 Å². The predicted octanol–water partition coefficient (Wildman–Crippen LogP) is 3.18. The van der Waals surface area contributed by atoms with Gasteiger partial charge in [-0.05, 0) is 35.4 Å². The Morgan fingerprint density at radius 1 is 1.29 bits per heavy atom. The van der Waals surface area contributed by atoms with E-state index in [-0.39, 0.29) is 5.41 Å². The highest BCUT2D eigenvalue weighted by Crippen LogP contribution is 2.51. The van der Waals surface area contributed by atoms with Gasteiger partial charge in [-0.25, -0.2) is 0 Å². The smallest absolute Gasteiger partial charge is 0.0406 e. The molecule has 1 aliphatic carbocycles. The Bertz CT molecular complexity index is 329. The molecule has 0 spiro atoms. The van der Waals surface area contributed by atoms with Gasteiger partial charge in [-0.2, -0.15) is 0 Å². The summed E-state index contributed by atoms with van der Waals surface area (Å²) in [6.45, 7) is 4.47. The molecule has 1 aliphatic rings. The van der Waals surface area contributed by atoms with Gasteiger partial charge in [-0.15, -0.1) is 0 Å². The summed E-state index contributed by atoms with van der Waals surface area (Å²) in [5.74, 6) is 0.592. The van der Waals surface area contributed by atoms with Crippen LogP contribution in [0.4, 0.5) is 0 Å². The molecular formula is C12H16ClN. The zero-order chi connectivity index (χ0) is 10.3. The molecule has 1 saturated carbocycles. The van der Waals surface area contributed by atoms with Crippen LogP contribution in [0.25, 0.3) is 0 Å². The standard InChI is InChI=1S/C12H16ClN/c1-12(2)10(7-11(12)14)8-3-5-9(13)6-4-8/h3-6,10-11H,7,14H2,1-2H3. The first-order valence-corrected chi connectivity index (χ1v) is 5.40. The van der Waals surface area contributed by atoms with Crippen LogP contribution in [0.2, 0.25) is 5.02 Å². The molecule has 1 aromatic rings. The Hall–Kier alpha value is -0.530. The topological polar surface area (TPSA) is 26.0 Å². The SMILES string of the molecule is CC1(C)C(N)CC1c1ccc(Cl)cc1. The van der Waals surface area contributed by atoms with E-state index in [0.29, 0.717) is 12.0 Å². The zero-order valence-corrected chi connectivity index (χ0v) is 9.38. The number of nitrogens with two attached hydrogens (primary N) is 1. The molecule has 0 amide bonds. The minimum absolute atomic E-state index is 0.230. The van der Waals surface area contributed by atoms with Crippen LogP contribution < -0.4 is 5.73 Å². The van der Waals surface area contributed by atoms with Crippen molar-refractivity contribution in [3.05, 3.63) is 34.9 Å². The second-order valence-electron chi connectivity index (χ2n) is 4.77. The lowest BCUT2D eigenvalue weighted by atomic mass is 9.57. The number of hydrogen-bond donors (Lipinski definition) is 1. The summed E-state index contributed by atoms with van der Waals surface area (Å²) in [5, 5.41) is 0.801. The molecule has 76 valence electrons. The van der Waals surface area contributed by atoms with Crippen LogP contribution in [0.3, 0.4) is 0 Å². The third-order valence-electron chi connectivity index (χ3n) is 3.62. The van der Waals surface area contributed by atoms with Gasteiger partial charge < -0.3 is 5.73 Å². The highest BCUT2D eigenvalue weighted by atomic mass is 35.5. The van der Waals surface area contributed by atoms with Crippen molar-refractivity contribution in [3.8, 4) is 0 Å². The first-order valence-electron chi connectivity index (χ1n) is 5.03. The molecule has 0 aromatic heterocycles. The summed E-state index contributed by atoms with van der Waals surface area (Å²) in [7, 11) is 0. The molecule has 2 atom stereocenters. The Balaban J connectivity index is 2.22. The highest BCUT2D eigenvalue weighted by Gasteiger charge is 2.46. The van der Waals surface area contributed by atoms with Gasteiger partial charge in [-0.1, -0.05) is 37.6 Å². The molecule has 14 heavy (non-hydrogen) atoms. The van der Waals surface area contributed by atoms with E-state index in [2.05, 4.69) is 26.0 Å². The van der Waals surface area contributed by atoms with Crippen LogP contribution >= 0.6 is 11.6 Å². The van der Waals surface area contributed by atoms with Crippen molar-refractivity contribution >= 4 is 11.6 Å². The number of halogens is 1. The van der Waals surface area contributed by atoms with Gasteiger partial charge >= 0.3 is 0 Å². The lowest BCUT2D eigenvalue weighted by molar-refractivity contribution is 0.0984. The molecule has 2 heteroatoms. The normalized spacial score (nSPS) is 29.7. The maximum atomic E-state index is 5.99. The Labute approximate surface area is 90.3 Å². The summed E-state index contributed by atoms with van der Waals surface area (Å²) in [4.78, 5) is 0. The van der Waals surface area contributed by atoms with Gasteiger partial charge in [0.1, 0.15) is 0 Å². The second-order valence-corrected chi connectivity index (χ2v) is 5.20. The Morgan fingerprint density at radius 3 is 2.29 bits per heavy atom. The average Bonchev–Trinajstić information content (AvgIpc) is 2.16. The van der Waals surface area contributed by atoms with Gasteiger partial charge in [0.15, 0.2) is 0 Å². The van der Waals surface area contributed by atoms with Gasteiger partial charge in [0.05, 0.1) is 0 Å². The Morgan fingerprint density at radius 2 is 1.86 bits per heavy atom. The molecule has 2 N–H and O–H groups in total. The van der Waals surface area contributed by atoms with Gasteiger partial charge in [0.2, 0.25) is 0 Å². The van der Waals surface area contributed by atoms with Gasteiger partial charge in [0.25, 0.3) is 0 Å². The van der Waals surface area contributed by atoms with Crippen molar-refractivity contribution in [2.24, 2.45) is 11.1 Å². The van der Waals surface area contributed by atoms with E-state index < -0.39 is 0 Å². The molecule has 0 bridgehead atoms. The molecule has 0 saturated heterocycles.